The van der Waals surface area contributed by atoms with Crippen molar-refractivity contribution in [3.05, 3.63) is 65.3 Å². The number of nitriles is 1. The van der Waals surface area contributed by atoms with Crippen LogP contribution in [0.4, 0.5) is 0 Å². The molecule has 0 radical (unpaired) electrons. The van der Waals surface area contributed by atoms with Crippen molar-refractivity contribution >= 4 is 68.4 Å². The van der Waals surface area contributed by atoms with Crippen LogP contribution in [0.5, 0.6) is 11.5 Å². The topological polar surface area (TPSA) is 202 Å². The number of hydrogen-bond donors (Lipinski definition) is 4. The fourth-order valence-corrected chi connectivity index (χ4v) is 5.34. The minimum Gasteiger partial charge on any atom is -0.506 e. The Kier molecular flexibility index (Phi) is 15.1. The highest BCUT2D eigenvalue weighted by Crippen LogP contribution is 2.36. The van der Waals surface area contributed by atoms with Gasteiger partial charge in [0.05, 0.1) is 42.4 Å². The molecule has 44 heavy (non-hydrogen) atoms. The van der Waals surface area contributed by atoms with E-state index >= 15 is 0 Å². The first kappa shape index (κ1) is 39.7. The Hall–Kier alpha value is -2.37. The largest absolute Gasteiger partial charge is 0.506 e. The smallest absolute Gasteiger partial charge is 0.442 e. The number of nitrogens with two attached hydrogens (primary N) is 1. The van der Waals surface area contributed by atoms with Gasteiger partial charge in [-0.15, -0.1) is 5.10 Å². The SMILES string of the molecule is CC(C)Oc1cc(-n2nc(C(C)(C)C)oc2=O)c(Cl)cc1Cl.CP(=O)(O)CCC(N)C(=O)O.N#Cc1cc(Br)c(O)c(Br)c1. The van der Waals surface area contributed by atoms with E-state index in [0.29, 0.717) is 36.9 Å². The van der Waals surface area contributed by atoms with Crippen LogP contribution in [0.2, 0.25) is 10.0 Å². The summed E-state index contributed by atoms with van der Waals surface area (Å²) >= 11 is 18.5. The highest BCUT2D eigenvalue weighted by molar-refractivity contribution is 9.11. The van der Waals surface area contributed by atoms with Crippen molar-refractivity contribution in [1.29, 1.82) is 5.26 Å². The second kappa shape index (κ2) is 16.8. The van der Waals surface area contributed by atoms with E-state index in [1.165, 1.54) is 12.7 Å². The Morgan fingerprint density at radius 1 is 1.20 bits per heavy atom. The van der Waals surface area contributed by atoms with Gasteiger partial charge in [-0.05, 0) is 70.3 Å². The quantitative estimate of drug-likeness (QED) is 0.185. The minimum absolute atomic E-state index is 0.0412. The van der Waals surface area contributed by atoms with Crippen LogP contribution in [0.25, 0.3) is 5.69 Å². The predicted octanol–water partition coefficient (Wildman–Crippen LogP) is 6.69. The number of aromatic hydroxyl groups is 1. The molecule has 1 heterocycles. The first-order valence-electron chi connectivity index (χ1n) is 12.7. The summed E-state index contributed by atoms with van der Waals surface area (Å²) in [4.78, 5) is 30.9. The van der Waals surface area contributed by atoms with E-state index in [2.05, 4.69) is 37.0 Å². The molecule has 0 fully saturated rings. The van der Waals surface area contributed by atoms with Crippen LogP contribution in [0, 0.1) is 11.3 Å². The number of nitrogens with zero attached hydrogens (tertiary/aromatic N) is 3. The molecule has 1 aromatic heterocycles. The Morgan fingerprint density at radius 2 is 1.75 bits per heavy atom. The van der Waals surface area contributed by atoms with Crippen molar-refractivity contribution in [2.45, 2.75) is 58.6 Å². The van der Waals surface area contributed by atoms with Crippen molar-refractivity contribution < 1.29 is 33.6 Å². The molecule has 2 aromatic carbocycles. The van der Waals surface area contributed by atoms with Crippen LogP contribution in [-0.4, -0.2) is 55.8 Å². The zero-order valence-electron chi connectivity index (χ0n) is 24.6. The van der Waals surface area contributed by atoms with Crippen molar-refractivity contribution in [2.75, 3.05) is 12.8 Å². The molecule has 0 spiro atoms. The van der Waals surface area contributed by atoms with Gasteiger partial charge in [0, 0.05) is 24.3 Å². The molecule has 12 nitrogen and oxygen atoms in total. The zero-order valence-corrected chi connectivity index (χ0v) is 30.2. The third-order valence-corrected chi connectivity index (χ3v) is 7.99. The van der Waals surface area contributed by atoms with Gasteiger partial charge < -0.3 is 30.0 Å². The highest BCUT2D eigenvalue weighted by Gasteiger charge is 2.24. The van der Waals surface area contributed by atoms with Crippen LogP contribution in [0.1, 0.15) is 52.5 Å². The Balaban J connectivity index is 0.000000370. The summed E-state index contributed by atoms with van der Waals surface area (Å²) in [5.74, 6) is -0.870. The van der Waals surface area contributed by atoms with Gasteiger partial charge >= 0.3 is 11.7 Å². The average Bonchev–Trinajstić information content (AvgIpc) is 3.29. The van der Waals surface area contributed by atoms with E-state index in [9.17, 15) is 19.3 Å². The lowest BCUT2D eigenvalue weighted by molar-refractivity contribution is -0.138. The number of carbonyl (C=O) groups is 1. The van der Waals surface area contributed by atoms with E-state index in [1.54, 1.807) is 18.2 Å². The molecule has 2 atom stereocenters. The Labute approximate surface area is 281 Å². The molecule has 0 saturated carbocycles. The number of carboxylic acid groups (broad SMARTS) is 1. The van der Waals surface area contributed by atoms with Crippen molar-refractivity contribution in [3.8, 4) is 23.3 Å². The number of rotatable bonds is 7. The van der Waals surface area contributed by atoms with E-state index < -0.39 is 25.1 Å². The maximum Gasteiger partial charge on any atom is 0.442 e. The lowest BCUT2D eigenvalue weighted by Gasteiger charge is -2.13. The molecule has 0 saturated heterocycles. The summed E-state index contributed by atoms with van der Waals surface area (Å²) in [6.45, 7) is 10.6. The molecule has 0 aliphatic rings. The van der Waals surface area contributed by atoms with E-state index in [0.717, 1.165) is 4.68 Å². The third kappa shape index (κ3) is 12.9. The first-order chi connectivity index (χ1) is 20.1. The molecular weight excluding hydrogens is 770 g/mol. The van der Waals surface area contributed by atoms with Crippen molar-refractivity contribution in [2.24, 2.45) is 5.73 Å². The molecule has 2 unspecified atom stereocenters. The van der Waals surface area contributed by atoms with E-state index in [4.69, 9.17) is 53.4 Å². The summed E-state index contributed by atoms with van der Waals surface area (Å²) in [6, 6.07) is 7.15. The van der Waals surface area contributed by atoms with Gasteiger partial charge in [0.15, 0.2) is 7.37 Å². The van der Waals surface area contributed by atoms with Crippen LogP contribution >= 0.6 is 62.4 Å². The third-order valence-electron chi connectivity index (χ3n) is 5.10. The van der Waals surface area contributed by atoms with E-state index in [-0.39, 0.29) is 34.9 Å². The normalized spacial score (nSPS) is 13.0. The van der Waals surface area contributed by atoms with Crippen LogP contribution < -0.4 is 16.2 Å². The lowest BCUT2D eigenvalue weighted by Crippen LogP contribution is -2.30. The summed E-state index contributed by atoms with van der Waals surface area (Å²) in [5.41, 5.74) is 5.57. The summed E-state index contributed by atoms with van der Waals surface area (Å²) in [6.07, 6.45) is -0.0641. The number of aromatic nitrogens is 2. The molecule has 0 aliphatic heterocycles. The monoisotopic (exact) mass is 800 g/mol. The van der Waals surface area contributed by atoms with Crippen LogP contribution in [0.15, 0.2) is 42.4 Å². The number of carboxylic acids is 1. The van der Waals surface area contributed by atoms with Crippen LogP contribution in [-0.2, 0) is 14.8 Å². The summed E-state index contributed by atoms with van der Waals surface area (Å²) < 4.78 is 23.6. The number of halogens is 4. The highest BCUT2D eigenvalue weighted by atomic mass is 79.9. The number of benzene rings is 2. The second-order valence-corrected chi connectivity index (χ2v) is 15.7. The molecule has 17 heteroatoms. The molecule has 3 aromatic rings. The fraction of sp³-hybridized carbons (Fsp3) is 0.407. The van der Waals surface area contributed by atoms with Gasteiger partial charge in [0.25, 0.3) is 0 Å². The average molecular weight is 803 g/mol. The summed E-state index contributed by atoms with van der Waals surface area (Å²) in [5, 5.41) is 30.9. The maximum atomic E-state index is 12.1. The van der Waals surface area contributed by atoms with Gasteiger partial charge in [0.1, 0.15) is 17.5 Å². The lowest BCUT2D eigenvalue weighted by atomic mass is 9.97. The van der Waals surface area contributed by atoms with Gasteiger partial charge in [-0.2, -0.15) is 9.94 Å². The molecule has 0 amide bonds. The van der Waals surface area contributed by atoms with Gasteiger partial charge in [0.2, 0.25) is 5.89 Å². The molecular formula is C27H33Br2Cl2N4O8P. The summed E-state index contributed by atoms with van der Waals surface area (Å²) in [7, 11) is -3.10. The number of phenolic OH excluding ortho intramolecular Hbond substituents is 1. The number of aliphatic carboxylic acids is 1. The van der Waals surface area contributed by atoms with Crippen LogP contribution in [0.3, 0.4) is 0 Å². The van der Waals surface area contributed by atoms with Gasteiger partial charge in [-0.25, -0.2) is 4.79 Å². The molecule has 5 N–H and O–H groups in total. The Bertz CT molecular complexity index is 1590. The van der Waals surface area contributed by atoms with E-state index in [1.807, 2.05) is 40.7 Å². The van der Waals surface area contributed by atoms with Gasteiger partial charge in [-0.3, -0.25) is 9.36 Å². The fourth-order valence-electron chi connectivity index (χ4n) is 2.89. The molecule has 242 valence electrons. The second-order valence-electron chi connectivity index (χ2n) is 10.6. The van der Waals surface area contributed by atoms with Gasteiger partial charge in [-0.1, -0.05) is 44.0 Å². The first-order valence-corrected chi connectivity index (χ1v) is 17.3. The number of phenols is 1. The molecule has 0 bridgehead atoms. The van der Waals surface area contributed by atoms with Crippen molar-refractivity contribution in [1.82, 2.24) is 9.78 Å². The number of hydrogen-bond acceptors (Lipinski definition) is 9. The maximum absolute atomic E-state index is 12.1. The standard InChI is InChI=1S/C15H18Cl2N2O3.C7H3Br2NO.C5H12NO4P/c1-8(2)21-12-7-11(9(16)6-10(12)17)19-14(20)22-13(18-19)15(3,4)5;8-5-1-4(3-10)2-6(9)7(5)11;1-11(9,10)3-2-4(6)5(7)8/h6-8H,1-5H3;1-2,11H;4H,2-3,6H2,1H3,(H,7,8)(H,9,10). The molecule has 3 rings (SSSR count). The predicted molar refractivity (Wildman–Crippen MR) is 176 cm³/mol. The van der Waals surface area contributed by atoms with Crippen molar-refractivity contribution in [3.63, 3.8) is 0 Å². The molecule has 0 aliphatic carbocycles. The Morgan fingerprint density at radius 3 is 2.16 bits per heavy atom. The number of ether oxygens (including phenoxy) is 1. The zero-order chi connectivity index (χ0) is 34.2. The minimum atomic E-state index is -3.10.